The highest BCUT2D eigenvalue weighted by atomic mass is 16.2. The molecule has 2 aliphatic heterocycles. The van der Waals surface area contributed by atoms with Crippen LogP contribution in [0.2, 0.25) is 0 Å². The second-order valence-electron chi connectivity index (χ2n) is 7.61. The van der Waals surface area contributed by atoms with E-state index in [1.165, 1.54) is 0 Å². The van der Waals surface area contributed by atoms with E-state index in [2.05, 4.69) is 31.8 Å². The van der Waals surface area contributed by atoms with Crippen LogP contribution in [0.3, 0.4) is 0 Å². The summed E-state index contributed by atoms with van der Waals surface area (Å²) in [5, 5.41) is 4.38. The van der Waals surface area contributed by atoms with Gasteiger partial charge < -0.3 is 9.80 Å². The molecule has 26 heavy (non-hydrogen) atoms. The summed E-state index contributed by atoms with van der Waals surface area (Å²) in [4.78, 5) is 24.2. The molecule has 0 N–H and O–H groups in total. The highest BCUT2D eigenvalue weighted by Gasteiger charge is 2.29. The van der Waals surface area contributed by atoms with Crippen LogP contribution in [0.4, 0.5) is 0 Å². The number of amides is 1. The molecular weight excluding hydrogens is 328 g/mol. The minimum absolute atomic E-state index is 0.184. The normalized spacial score (nSPS) is 23.3. The molecule has 140 valence electrons. The molecule has 7 nitrogen and oxygen atoms in total. The van der Waals surface area contributed by atoms with Gasteiger partial charge in [0.2, 0.25) is 5.91 Å². The molecule has 7 heteroatoms. The predicted molar refractivity (Wildman–Crippen MR) is 99.7 cm³/mol. The number of nitrogens with zero attached hydrogens (tertiary/aromatic N) is 6. The molecule has 2 fully saturated rings. The van der Waals surface area contributed by atoms with Crippen LogP contribution in [0.25, 0.3) is 5.65 Å². The van der Waals surface area contributed by atoms with Gasteiger partial charge in [-0.2, -0.15) is 5.10 Å². The molecule has 1 amide bonds. The van der Waals surface area contributed by atoms with Crippen molar-refractivity contribution in [2.24, 2.45) is 5.92 Å². The van der Waals surface area contributed by atoms with Crippen molar-refractivity contribution in [2.75, 3.05) is 46.3 Å². The van der Waals surface area contributed by atoms with E-state index in [1.807, 2.05) is 29.2 Å². The molecule has 1 atom stereocenters. The molecule has 0 aromatic carbocycles. The van der Waals surface area contributed by atoms with Crippen molar-refractivity contribution < 1.29 is 4.79 Å². The van der Waals surface area contributed by atoms with Gasteiger partial charge in [0.25, 0.3) is 0 Å². The van der Waals surface area contributed by atoms with Crippen LogP contribution in [0, 0.1) is 5.92 Å². The number of fused-ring (bicyclic) bond motifs is 1. The number of piperidine rings is 1. The van der Waals surface area contributed by atoms with Gasteiger partial charge in [-0.1, -0.05) is 0 Å². The van der Waals surface area contributed by atoms with Gasteiger partial charge in [-0.3, -0.25) is 9.69 Å². The molecule has 2 aliphatic rings. The number of likely N-dealkylation sites (tertiary alicyclic amines) is 1. The summed E-state index contributed by atoms with van der Waals surface area (Å²) >= 11 is 0. The first-order chi connectivity index (χ1) is 12.7. The maximum Gasteiger partial charge on any atom is 0.227 e. The van der Waals surface area contributed by atoms with E-state index < -0.39 is 0 Å². The van der Waals surface area contributed by atoms with Crippen molar-refractivity contribution in [3.8, 4) is 0 Å². The largest absolute Gasteiger partial charge is 0.341 e. The molecule has 2 aromatic heterocycles. The van der Waals surface area contributed by atoms with Crippen molar-refractivity contribution in [3.63, 3.8) is 0 Å². The Bertz CT molecular complexity index is 759. The van der Waals surface area contributed by atoms with Crippen molar-refractivity contribution in [1.82, 2.24) is 29.3 Å². The Balaban J connectivity index is 1.36. The fourth-order valence-corrected chi connectivity index (χ4v) is 4.20. The fraction of sp³-hybridized carbons (Fsp3) is 0.632. The molecule has 4 rings (SSSR count). The first-order valence-electron chi connectivity index (χ1n) is 9.67. The number of hydrogen-bond donors (Lipinski definition) is 0. The Morgan fingerprint density at radius 2 is 2.12 bits per heavy atom. The summed E-state index contributed by atoms with van der Waals surface area (Å²) in [7, 11) is 2.12. The Morgan fingerprint density at radius 1 is 1.19 bits per heavy atom. The third-order valence-electron chi connectivity index (χ3n) is 5.62. The second-order valence-corrected chi connectivity index (χ2v) is 7.61. The summed E-state index contributed by atoms with van der Waals surface area (Å²) in [6.07, 6.45) is 8.85. The highest BCUT2D eigenvalue weighted by molar-refractivity contribution is 5.79. The van der Waals surface area contributed by atoms with E-state index in [0.29, 0.717) is 5.91 Å². The summed E-state index contributed by atoms with van der Waals surface area (Å²) < 4.78 is 1.82. The maximum atomic E-state index is 12.9. The lowest BCUT2D eigenvalue weighted by Gasteiger charge is -2.32. The lowest BCUT2D eigenvalue weighted by Crippen LogP contribution is -2.44. The molecule has 2 aromatic rings. The average molecular weight is 356 g/mol. The van der Waals surface area contributed by atoms with E-state index in [1.54, 1.807) is 0 Å². The molecule has 4 heterocycles. The summed E-state index contributed by atoms with van der Waals surface area (Å²) in [6, 6.07) is 1.89. The number of rotatable bonds is 3. The average Bonchev–Trinajstić information content (AvgIpc) is 2.91. The van der Waals surface area contributed by atoms with Gasteiger partial charge in [0, 0.05) is 57.2 Å². The van der Waals surface area contributed by atoms with Crippen LogP contribution >= 0.6 is 0 Å². The Morgan fingerprint density at radius 3 is 3.00 bits per heavy atom. The third kappa shape index (κ3) is 3.73. The van der Waals surface area contributed by atoms with Crippen LogP contribution in [0.5, 0.6) is 0 Å². The molecule has 0 bridgehead atoms. The zero-order chi connectivity index (χ0) is 17.9. The standard InChI is InChI=1S/C19H28N6O/c1-22-7-2-5-16(14-22)19(26)24-9-4-8-23(11-12-24)15-17-13-21-25-10-3-6-20-18(17)25/h3,6,10,13,16H,2,4-5,7-9,11-12,14-15H2,1H3. The van der Waals surface area contributed by atoms with Gasteiger partial charge >= 0.3 is 0 Å². The zero-order valence-corrected chi connectivity index (χ0v) is 15.5. The molecule has 0 saturated carbocycles. The number of aromatic nitrogens is 3. The van der Waals surface area contributed by atoms with Crippen molar-refractivity contribution >= 4 is 11.6 Å². The topological polar surface area (TPSA) is 57.0 Å². The first kappa shape index (κ1) is 17.4. The van der Waals surface area contributed by atoms with Crippen LogP contribution in [0.1, 0.15) is 24.8 Å². The highest BCUT2D eigenvalue weighted by Crippen LogP contribution is 2.19. The van der Waals surface area contributed by atoms with Crippen molar-refractivity contribution in [2.45, 2.75) is 25.8 Å². The number of carbonyl (C=O) groups excluding carboxylic acids is 1. The molecule has 0 spiro atoms. The molecule has 0 radical (unpaired) electrons. The summed E-state index contributed by atoms with van der Waals surface area (Å²) in [5.41, 5.74) is 2.08. The van der Waals surface area contributed by atoms with Gasteiger partial charge in [-0.25, -0.2) is 9.50 Å². The lowest BCUT2D eigenvalue weighted by atomic mass is 9.97. The zero-order valence-electron chi connectivity index (χ0n) is 15.5. The van der Waals surface area contributed by atoms with E-state index in [0.717, 1.165) is 76.3 Å². The van der Waals surface area contributed by atoms with Gasteiger partial charge in [0.05, 0.1) is 12.1 Å². The molecular formula is C19H28N6O. The maximum absolute atomic E-state index is 12.9. The van der Waals surface area contributed by atoms with E-state index in [4.69, 9.17) is 0 Å². The van der Waals surface area contributed by atoms with Gasteiger partial charge in [-0.05, 0) is 38.9 Å². The Labute approximate surface area is 154 Å². The SMILES string of the molecule is CN1CCCC(C(=O)N2CCCN(Cc3cnn4cccnc34)CC2)C1. The van der Waals surface area contributed by atoms with Crippen LogP contribution in [-0.4, -0.2) is 81.5 Å². The van der Waals surface area contributed by atoms with Crippen molar-refractivity contribution in [3.05, 3.63) is 30.2 Å². The number of hydrogen-bond acceptors (Lipinski definition) is 5. The second kappa shape index (κ2) is 7.72. The minimum atomic E-state index is 0.184. The molecule has 0 aliphatic carbocycles. The third-order valence-corrected chi connectivity index (χ3v) is 5.62. The van der Waals surface area contributed by atoms with Crippen LogP contribution < -0.4 is 0 Å². The minimum Gasteiger partial charge on any atom is -0.341 e. The summed E-state index contributed by atoms with van der Waals surface area (Å²) in [6.45, 7) is 6.50. The van der Waals surface area contributed by atoms with Gasteiger partial charge in [-0.15, -0.1) is 0 Å². The molecule has 2 saturated heterocycles. The summed E-state index contributed by atoms with van der Waals surface area (Å²) in [5.74, 6) is 0.542. The van der Waals surface area contributed by atoms with E-state index in [9.17, 15) is 4.79 Å². The van der Waals surface area contributed by atoms with Gasteiger partial charge in [0.15, 0.2) is 5.65 Å². The fourth-order valence-electron chi connectivity index (χ4n) is 4.20. The van der Waals surface area contributed by atoms with Gasteiger partial charge in [0.1, 0.15) is 0 Å². The van der Waals surface area contributed by atoms with Crippen LogP contribution in [-0.2, 0) is 11.3 Å². The first-order valence-corrected chi connectivity index (χ1v) is 9.67. The predicted octanol–water partition coefficient (Wildman–Crippen LogP) is 1.11. The Kier molecular flexibility index (Phi) is 5.17. The van der Waals surface area contributed by atoms with Crippen molar-refractivity contribution in [1.29, 1.82) is 0 Å². The van der Waals surface area contributed by atoms with E-state index in [-0.39, 0.29) is 5.92 Å². The number of carbonyl (C=O) groups is 1. The Hall–Kier alpha value is -1.99. The van der Waals surface area contributed by atoms with Crippen LogP contribution in [0.15, 0.2) is 24.7 Å². The molecule has 1 unspecified atom stereocenters. The monoisotopic (exact) mass is 356 g/mol. The smallest absolute Gasteiger partial charge is 0.227 e. The lowest BCUT2D eigenvalue weighted by molar-refractivity contribution is -0.137. The quantitative estimate of drug-likeness (QED) is 0.824. The van der Waals surface area contributed by atoms with E-state index >= 15 is 0 Å².